The van der Waals surface area contributed by atoms with Gasteiger partial charge in [0, 0.05) is 29.9 Å². The van der Waals surface area contributed by atoms with Crippen LogP contribution in [0.5, 0.6) is 0 Å². The van der Waals surface area contributed by atoms with Gasteiger partial charge in [-0.2, -0.15) is 0 Å². The summed E-state index contributed by atoms with van der Waals surface area (Å²) in [5.74, 6) is -0.0312. The molecule has 1 aliphatic heterocycles. The predicted octanol–water partition coefficient (Wildman–Crippen LogP) is 3.43. The van der Waals surface area contributed by atoms with E-state index in [-0.39, 0.29) is 30.2 Å². The number of amides is 3. The third kappa shape index (κ3) is 4.34. The Morgan fingerprint density at radius 3 is 2.37 bits per heavy atom. The molecule has 27 heavy (non-hydrogen) atoms. The summed E-state index contributed by atoms with van der Waals surface area (Å²) in [5.41, 5.74) is 4.34. The van der Waals surface area contributed by atoms with E-state index >= 15 is 0 Å². The monoisotopic (exact) mass is 365 g/mol. The molecule has 1 unspecified atom stereocenters. The van der Waals surface area contributed by atoms with Crippen molar-refractivity contribution in [2.75, 3.05) is 16.8 Å². The lowest BCUT2D eigenvalue weighted by atomic mass is 10.1. The van der Waals surface area contributed by atoms with E-state index in [0.29, 0.717) is 17.8 Å². The highest BCUT2D eigenvalue weighted by Gasteiger charge is 2.31. The van der Waals surface area contributed by atoms with Crippen LogP contribution < -0.4 is 15.5 Å². The number of carbonyl (C=O) groups excluding carboxylic acids is 3. The molecule has 1 fully saturated rings. The lowest BCUT2D eigenvalue weighted by Crippen LogP contribution is -2.39. The lowest BCUT2D eigenvalue weighted by Gasteiger charge is -2.18. The second-order valence-electron chi connectivity index (χ2n) is 6.91. The number of benzene rings is 2. The highest BCUT2D eigenvalue weighted by Crippen LogP contribution is 2.24. The van der Waals surface area contributed by atoms with Crippen LogP contribution in [0.1, 0.15) is 34.8 Å². The molecular weight excluding hydrogens is 342 g/mol. The van der Waals surface area contributed by atoms with Crippen molar-refractivity contribution < 1.29 is 14.4 Å². The van der Waals surface area contributed by atoms with E-state index in [9.17, 15) is 14.4 Å². The Kier molecular flexibility index (Phi) is 5.26. The molecule has 2 N–H and O–H groups in total. The lowest BCUT2D eigenvalue weighted by molar-refractivity contribution is -0.117. The summed E-state index contributed by atoms with van der Waals surface area (Å²) in [6.45, 7) is 5.98. The molecule has 2 aromatic rings. The van der Waals surface area contributed by atoms with E-state index in [2.05, 4.69) is 10.6 Å². The summed E-state index contributed by atoms with van der Waals surface area (Å²) < 4.78 is 0. The average Bonchev–Trinajstić information content (AvgIpc) is 2.97. The van der Waals surface area contributed by atoms with E-state index < -0.39 is 0 Å². The maximum atomic E-state index is 12.3. The Morgan fingerprint density at radius 2 is 1.74 bits per heavy atom. The summed E-state index contributed by atoms with van der Waals surface area (Å²) in [5, 5.41) is 5.57. The topological polar surface area (TPSA) is 78.5 Å². The minimum atomic E-state index is -0.370. The zero-order valence-corrected chi connectivity index (χ0v) is 15.7. The number of hydrogen-bond donors (Lipinski definition) is 2. The Balaban J connectivity index is 1.59. The molecule has 0 radical (unpaired) electrons. The number of rotatable bonds is 4. The molecule has 0 spiro atoms. The molecule has 1 aliphatic rings. The van der Waals surface area contributed by atoms with Crippen LogP contribution in [0.25, 0.3) is 0 Å². The first-order valence-corrected chi connectivity index (χ1v) is 8.89. The van der Waals surface area contributed by atoms with Crippen LogP contribution in [-0.4, -0.2) is 30.3 Å². The second-order valence-corrected chi connectivity index (χ2v) is 6.91. The van der Waals surface area contributed by atoms with Gasteiger partial charge in [-0.3, -0.25) is 9.59 Å². The van der Waals surface area contributed by atoms with Gasteiger partial charge in [-0.15, -0.1) is 0 Å². The minimum Gasteiger partial charge on any atom is -0.333 e. The number of nitrogens with zero attached hydrogens (tertiary/aromatic N) is 1. The maximum absolute atomic E-state index is 12.3. The van der Waals surface area contributed by atoms with Crippen molar-refractivity contribution >= 4 is 29.1 Å². The minimum absolute atomic E-state index is 0.00522. The van der Waals surface area contributed by atoms with Crippen LogP contribution in [0.3, 0.4) is 0 Å². The number of nitrogens with one attached hydrogen (secondary N) is 2. The number of ketones is 1. The summed E-state index contributed by atoms with van der Waals surface area (Å²) in [6.07, 6.45) is 0.267. The van der Waals surface area contributed by atoms with Crippen molar-refractivity contribution in [3.05, 3.63) is 59.2 Å². The Hall–Kier alpha value is -3.15. The first-order chi connectivity index (χ1) is 12.8. The van der Waals surface area contributed by atoms with Crippen LogP contribution >= 0.6 is 0 Å². The van der Waals surface area contributed by atoms with Crippen molar-refractivity contribution in [1.82, 2.24) is 5.32 Å². The summed E-state index contributed by atoms with van der Waals surface area (Å²) in [6, 6.07) is 12.0. The molecule has 1 saturated heterocycles. The molecule has 0 saturated carbocycles. The Morgan fingerprint density at radius 1 is 1.04 bits per heavy atom. The third-order valence-electron chi connectivity index (χ3n) is 4.81. The van der Waals surface area contributed by atoms with Crippen LogP contribution in [0, 0.1) is 13.8 Å². The van der Waals surface area contributed by atoms with Gasteiger partial charge in [-0.25, -0.2) is 4.79 Å². The fourth-order valence-electron chi connectivity index (χ4n) is 3.09. The van der Waals surface area contributed by atoms with Crippen LogP contribution in [0.2, 0.25) is 0 Å². The molecule has 0 aliphatic carbocycles. The first kappa shape index (κ1) is 18.6. The summed E-state index contributed by atoms with van der Waals surface area (Å²) in [4.78, 5) is 37.6. The number of anilines is 2. The molecule has 0 bridgehead atoms. The van der Waals surface area contributed by atoms with Crippen molar-refractivity contribution in [3.63, 3.8) is 0 Å². The molecule has 140 valence electrons. The van der Waals surface area contributed by atoms with Gasteiger partial charge in [-0.05, 0) is 68.3 Å². The van der Waals surface area contributed by atoms with Crippen LogP contribution in [-0.2, 0) is 4.79 Å². The van der Waals surface area contributed by atoms with E-state index in [1.54, 1.807) is 29.2 Å². The van der Waals surface area contributed by atoms with Gasteiger partial charge in [0.25, 0.3) is 0 Å². The summed E-state index contributed by atoms with van der Waals surface area (Å²) in [7, 11) is 0. The van der Waals surface area contributed by atoms with Gasteiger partial charge in [0.2, 0.25) is 5.91 Å². The van der Waals surface area contributed by atoms with Crippen LogP contribution in [0.4, 0.5) is 16.2 Å². The largest absolute Gasteiger partial charge is 0.333 e. The molecule has 0 aromatic heterocycles. The molecule has 3 rings (SSSR count). The quantitative estimate of drug-likeness (QED) is 0.815. The smallest absolute Gasteiger partial charge is 0.319 e. The van der Waals surface area contributed by atoms with Gasteiger partial charge in [0.05, 0.1) is 6.04 Å². The first-order valence-electron chi connectivity index (χ1n) is 8.89. The molecule has 6 nitrogen and oxygen atoms in total. The number of Topliss-reactive ketones (excluding diaryl/α,β-unsaturated/α-hetero) is 1. The number of hydrogen-bond acceptors (Lipinski definition) is 3. The summed E-state index contributed by atoms with van der Waals surface area (Å²) >= 11 is 0. The van der Waals surface area contributed by atoms with E-state index in [4.69, 9.17) is 0 Å². The van der Waals surface area contributed by atoms with Gasteiger partial charge in [0.1, 0.15) is 0 Å². The highest BCUT2D eigenvalue weighted by molar-refractivity contribution is 5.98. The fraction of sp³-hybridized carbons (Fsp3) is 0.286. The molecule has 1 atom stereocenters. The van der Waals surface area contributed by atoms with Crippen molar-refractivity contribution in [1.29, 1.82) is 0 Å². The van der Waals surface area contributed by atoms with E-state index in [1.807, 2.05) is 32.0 Å². The van der Waals surface area contributed by atoms with Crippen molar-refractivity contribution in [3.8, 4) is 0 Å². The normalized spacial score (nSPS) is 16.3. The zero-order valence-electron chi connectivity index (χ0n) is 15.7. The second kappa shape index (κ2) is 7.61. The fourth-order valence-corrected chi connectivity index (χ4v) is 3.09. The zero-order chi connectivity index (χ0) is 19.6. The number of aryl methyl sites for hydroxylation is 2. The molecular formula is C21H23N3O3. The Labute approximate surface area is 158 Å². The predicted molar refractivity (Wildman–Crippen MR) is 105 cm³/mol. The standard InChI is InChI=1S/C21H23N3O3/c1-13-4-9-19(10-14(13)2)24-12-18(11-20(24)26)23-21(27)22-17-7-5-16(6-8-17)15(3)25/h4-10,18H,11-12H2,1-3H3,(H2,22,23,27). The SMILES string of the molecule is CC(=O)c1ccc(NC(=O)NC2CC(=O)N(c3ccc(C)c(C)c3)C2)cc1. The Bertz CT molecular complexity index is 890. The van der Waals surface area contributed by atoms with Gasteiger partial charge >= 0.3 is 6.03 Å². The van der Waals surface area contributed by atoms with Gasteiger partial charge in [0.15, 0.2) is 5.78 Å². The highest BCUT2D eigenvalue weighted by atomic mass is 16.2. The van der Waals surface area contributed by atoms with Gasteiger partial charge < -0.3 is 15.5 Å². The molecule has 1 heterocycles. The van der Waals surface area contributed by atoms with E-state index in [1.165, 1.54) is 12.5 Å². The maximum Gasteiger partial charge on any atom is 0.319 e. The molecule has 2 aromatic carbocycles. The van der Waals surface area contributed by atoms with Gasteiger partial charge in [-0.1, -0.05) is 6.07 Å². The molecule has 6 heteroatoms. The third-order valence-corrected chi connectivity index (χ3v) is 4.81. The number of urea groups is 1. The van der Waals surface area contributed by atoms with Crippen molar-refractivity contribution in [2.45, 2.75) is 33.2 Å². The molecule has 3 amide bonds. The van der Waals surface area contributed by atoms with Crippen molar-refractivity contribution in [2.24, 2.45) is 0 Å². The average molecular weight is 365 g/mol. The number of carbonyl (C=O) groups is 3. The van der Waals surface area contributed by atoms with E-state index in [0.717, 1.165) is 11.3 Å². The van der Waals surface area contributed by atoms with Crippen LogP contribution in [0.15, 0.2) is 42.5 Å².